The van der Waals surface area contributed by atoms with Crippen LogP contribution in [-0.4, -0.2) is 26.6 Å². The summed E-state index contributed by atoms with van der Waals surface area (Å²) in [5, 5.41) is 31.4. The fourth-order valence-corrected chi connectivity index (χ4v) is 1.41. The van der Waals surface area contributed by atoms with E-state index in [9.17, 15) is 0 Å². The van der Waals surface area contributed by atoms with E-state index in [1.54, 1.807) is 48.5 Å². The first-order chi connectivity index (χ1) is 9.31. The molecule has 0 aliphatic heterocycles. The summed E-state index contributed by atoms with van der Waals surface area (Å²) in [6, 6.07) is 13.7. The third kappa shape index (κ3) is 11.4. The minimum Gasteiger partial charge on any atom is -0.508 e. The molecule has 0 spiro atoms. The number of carboxylic acid groups (broad SMARTS) is 2. The van der Waals surface area contributed by atoms with Gasteiger partial charge >= 0.3 is 6.16 Å². The predicted molar refractivity (Wildman–Crippen MR) is 82.3 cm³/mol. The Bertz CT molecular complexity index is 422. The lowest BCUT2D eigenvalue weighted by atomic mass is 10.3. The molecule has 0 aliphatic rings. The number of halogens is 2. The third-order valence-electron chi connectivity index (χ3n) is 1.65. The molecule has 2 aromatic carbocycles. The van der Waals surface area contributed by atoms with Crippen LogP contribution in [0.25, 0.3) is 0 Å². The summed E-state index contributed by atoms with van der Waals surface area (Å²) >= 11 is 6.47. The number of phenolic OH excluding ortho intramolecular Hbond substituents is 2. The van der Waals surface area contributed by atoms with E-state index in [2.05, 4.69) is 31.9 Å². The van der Waals surface area contributed by atoms with Crippen molar-refractivity contribution in [1.29, 1.82) is 0 Å². The summed E-state index contributed by atoms with van der Waals surface area (Å²) in [4.78, 5) is 8.56. The molecule has 0 heterocycles. The van der Waals surface area contributed by atoms with Crippen molar-refractivity contribution in [2.75, 3.05) is 0 Å². The zero-order valence-corrected chi connectivity index (χ0v) is 13.2. The molecule has 0 atom stereocenters. The maximum absolute atomic E-state index is 8.74. The highest BCUT2D eigenvalue weighted by atomic mass is 79.9. The maximum Gasteiger partial charge on any atom is 0.503 e. The fraction of sp³-hybridized carbons (Fsp3) is 0. The van der Waals surface area contributed by atoms with Gasteiger partial charge < -0.3 is 20.4 Å². The quantitative estimate of drug-likeness (QED) is 0.514. The Balaban J connectivity index is 0.000000289. The highest BCUT2D eigenvalue weighted by molar-refractivity contribution is 9.10. The molecule has 5 nitrogen and oxygen atoms in total. The molecule has 0 aromatic heterocycles. The van der Waals surface area contributed by atoms with Crippen molar-refractivity contribution >= 4 is 38.0 Å². The van der Waals surface area contributed by atoms with Crippen molar-refractivity contribution in [3.05, 3.63) is 57.5 Å². The predicted octanol–water partition coefficient (Wildman–Crippen LogP) is 4.53. The van der Waals surface area contributed by atoms with E-state index >= 15 is 0 Å². The second-order valence-electron chi connectivity index (χ2n) is 3.24. The van der Waals surface area contributed by atoms with Gasteiger partial charge in [-0.1, -0.05) is 31.9 Å². The molecule has 2 rings (SSSR count). The van der Waals surface area contributed by atoms with Gasteiger partial charge in [-0.3, -0.25) is 0 Å². The van der Waals surface area contributed by atoms with E-state index in [1.807, 2.05) is 0 Å². The molecule has 0 saturated heterocycles. The van der Waals surface area contributed by atoms with Crippen LogP contribution in [0.15, 0.2) is 57.5 Å². The van der Waals surface area contributed by atoms with Crippen molar-refractivity contribution in [3.63, 3.8) is 0 Å². The minimum atomic E-state index is -1.83. The van der Waals surface area contributed by atoms with E-state index in [1.165, 1.54) is 0 Å². The Kier molecular flexibility index (Phi) is 9.23. The van der Waals surface area contributed by atoms with Crippen molar-refractivity contribution in [3.8, 4) is 11.5 Å². The highest BCUT2D eigenvalue weighted by Gasteiger charge is 1.84. The molecule has 0 radical (unpaired) electrons. The van der Waals surface area contributed by atoms with Gasteiger partial charge in [-0.15, -0.1) is 0 Å². The standard InChI is InChI=1S/2C6H5BrO.CH2O3/c2*7-5-1-3-6(8)4-2-5;2-1(3)4/h2*1-4,8H;(H2,2,3,4). The molecular weight excluding hydrogens is 396 g/mol. The lowest BCUT2D eigenvalue weighted by molar-refractivity contribution is 0.137. The van der Waals surface area contributed by atoms with Crippen molar-refractivity contribution in [2.24, 2.45) is 0 Å². The molecule has 0 amide bonds. The minimum absolute atomic E-state index is 0.299. The fourth-order valence-electron chi connectivity index (χ4n) is 0.882. The Morgan fingerprint density at radius 2 is 0.900 bits per heavy atom. The lowest BCUT2D eigenvalue weighted by Crippen LogP contribution is -1.81. The molecule has 0 unspecified atom stereocenters. The van der Waals surface area contributed by atoms with Gasteiger partial charge in [0.1, 0.15) is 11.5 Å². The van der Waals surface area contributed by atoms with Gasteiger partial charge in [0.05, 0.1) is 0 Å². The summed E-state index contributed by atoms with van der Waals surface area (Å²) in [5.74, 6) is 0.599. The van der Waals surface area contributed by atoms with E-state index < -0.39 is 6.16 Å². The first-order valence-electron chi connectivity index (χ1n) is 5.12. The van der Waals surface area contributed by atoms with Crippen LogP contribution in [0.4, 0.5) is 4.79 Å². The number of carbonyl (C=O) groups is 1. The summed E-state index contributed by atoms with van der Waals surface area (Å²) in [5.41, 5.74) is 0. The number of aromatic hydroxyl groups is 2. The number of hydrogen-bond acceptors (Lipinski definition) is 3. The van der Waals surface area contributed by atoms with Crippen LogP contribution < -0.4 is 0 Å². The molecule has 0 fully saturated rings. The normalized spacial score (nSPS) is 8.50. The molecule has 4 N–H and O–H groups in total. The van der Waals surface area contributed by atoms with E-state index in [0.29, 0.717) is 11.5 Å². The number of hydrogen-bond donors (Lipinski definition) is 4. The van der Waals surface area contributed by atoms with Gasteiger partial charge in [-0.25, -0.2) is 4.79 Å². The molecule has 0 saturated carbocycles. The lowest BCUT2D eigenvalue weighted by Gasteiger charge is -1.87. The molecule has 2 aromatic rings. The number of benzene rings is 2. The van der Waals surface area contributed by atoms with Gasteiger partial charge in [0.2, 0.25) is 0 Å². The van der Waals surface area contributed by atoms with E-state index in [0.717, 1.165) is 8.95 Å². The second kappa shape index (κ2) is 10.1. The van der Waals surface area contributed by atoms with Crippen molar-refractivity contribution < 1.29 is 25.2 Å². The van der Waals surface area contributed by atoms with Gasteiger partial charge in [0, 0.05) is 8.95 Å². The van der Waals surface area contributed by atoms with Gasteiger partial charge in [0.15, 0.2) is 0 Å². The van der Waals surface area contributed by atoms with Gasteiger partial charge in [-0.05, 0) is 48.5 Å². The SMILES string of the molecule is O=C(O)O.Oc1ccc(Br)cc1.Oc1ccc(Br)cc1. The average molecular weight is 408 g/mol. The number of rotatable bonds is 0. The van der Waals surface area contributed by atoms with E-state index in [-0.39, 0.29) is 0 Å². The summed E-state index contributed by atoms with van der Waals surface area (Å²) in [6.07, 6.45) is -1.83. The van der Waals surface area contributed by atoms with Gasteiger partial charge in [0.25, 0.3) is 0 Å². The van der Waals surface area contributed by atoms with Crippen molar-refractivity contribution in [2.45, 2.75) is 0 Å². The summed E-state index contributed by atoms with van der Waals surface area (Å²) in [6.45, 7) is 0. The molecule has 7 heteroatoms. The van der Waals surface area contributed by atoms with Crippen LogP contribution in [0.2, 0.25) is 0 Å². The Labute approximate surface area is 132 Å². The average Bonchev–Trinajstić information content (AvgIpc) is 2.37. The Morgan fingerprint density at radius 1 is 0.700 bits per heavy atom. The summed E-state index contributed by atoms with van der Waals surface area (Å²) in [7, 11) is 0. The topological polar surface area (TPSA) is 98.0 Å². The van der Waals surface area contributed by atoms with Gasteiger partial charge in [-0.2, -0.15) is 0 Å². The Morgan fingerprint density at radius 3 is 1.05 bits per heavy atom. The van der Waals surface area contributed by atoms with Crippen LogP contribution >= 0.6 is 31.9 Å². The largest absolute Gasteiger partial charge is 0.508 e. The first kappa shape index (κ1) is 18.3. The van der Waals surface area contributed by atoms with Crippen molar-refractivity contribution in [1.82, 2.24) is 0 Å². The van der Waals surface area contributed by atoms with Crippen LogP contribution in [0.1, 0.15) is 0 Å². The van der Waals surface area contributed by atoms with Crippen LogP contribution in [0.5, 0.6) is 11.5 Å². The molecule has 108 valence electrons. The first-order valence-corrected chi connectivity index (χ1v) is 6.71. The summed E-state index contributed by atoms with van der Waals surface area (Å²) < 4.78 is 1.96. The van der Waals surface area contributed by atoms with Crippen LogP contribution in [0.3, 0.4) is 0 Å². The van der Waals surface area contributed by atoms with Crippen LogP contribution in [0, 0.1) is 0 Å². The molecule has 0 bridgehead atoms. The highest BCUT2D eigenvalue weighted by Crippen LogP contribution is 2.14. The zero-order valence-electron chi connectivity index (χ0n) is 10.1. The molecule has 20 heavy (non-hydrogen) atoms. The monoisotopic (exact) mass is 406 g/mol. The Hall–Kier alpha value is -1.73. The second-order valence-corrected chi connectivity index (χ2v) is 5.07. The molecule has 0 aliphatic carbocycles. The number of phenols is 2. The van der Waals surface area contributed by atoms with E-state index in [4.69, 9.17) is 25.2 Å². The third-order valence-corrected chi connectivity index (χ3v) is 2.71. The molecular formula is C13H12Br2O5. The maximum atomic E-state index is 8.74. The van der Waals surface area contributed by atoms with Crippen LogP contribution in [-0.2, 0) is 0 Å². The zero-order chi connectivity index (χ0) is 15.5. The smallest absolute Gasteiger partial charge is 0.503 e.